The molecule has 6 nitrogen and oxygen atoms in total. The molecule has 1 aromatic carbocycles. The minimum Gasteiger partial charge on any atom is -0.462 e. The van der Waals surface area contributed by atoms with Gasteiger partial charge in [-0.25, -0.2) is 9.48 Å². The summed E-state index contributed by atoms with van der Waals surface area (Å²) in [7, 11) is 0. The lowest BCUT2D eigenvalue weighted by Crippen LogP contribution is -2.41. The quantitative estimate of drug-likeness (QED) is 0.693. The zero-order chi connectivity index (χ0) is 20.1. The summed E-state index contributed by atoms with van der Waals surface area (Å²) in [5, 5.41) is 4.29. The summed E-state index contributed by atoms with van der Waals surface area (Å²) >= 11 is 0. The number of benzene rings is 1. The zero-order valence-electron chi connectivity index (χ0n) is 17.0. The van der Waals surface area contributed by atoms with Gasteiger partial charge in [0.15, 0.2) is 0 Å². The lowest BCUT2D eigenvalue weighted by Gasteiger charge is -2.31. The standard InChI is InChI=1S/C21H29N3O3/c1-7-23(15(5)14(3)4)20(25)17-9-11-18(12-10-17)24-16(6)19(13-22-24)21(26)27-8-2/h9-15H,7-8H2,1-6H3. The van der Waals surface area contributed by atoms with Crippen LogP contribution in [0.3, 0.4) is 0 Å². The summed E-state index contributed by atoms with van der Waals surface area (Å²) in [6.45, 7) is 12.9. The second-order valence-corrected chi connectivity index (χ2v) is 6.90. The average Bonchev–Trinajstić information content (AvgIpc) is 3.03. The third-order valence-electron chi connectivity index (χ3n) is 4.92. The highest BCUT2D eigenvalue weighted by molar-refractivity contribution is 5.94. The van der Waals surface area contributed by atoms with E-state index >= 15 is 0 Å². The third-order valence-corrected chi connectivity index (χ3v) is 4.92. The molecule has 6 heteroatoms. The van der Waals surface area contributed by atoms with Crippen molar-refractivity contribution >= 4 is 11.9 Å². The van der Waals surface area contributed by atoms with Crippen LogP contribution < -0.4 is 0 Å². The van der Waals surface area contributed by atoms with E-state index in [4.69, 9.17) is 4.74 Å². The van der Waals surface area contributed by atoms with Crippen molar-refractivity contribution in [2.24, 2.45) is 5.92 Å². The highest BCUT2D eigenvalue weighted by Crippen LogP contribution is 2.18. The van der Waals surface area contributed by atoms with E-state index in [1.165, 1.54) is 6.20 Å². The number of esters is 1. The van der Waals surface area contributed by atoms with E-state index in [1.807, 2.05) is 30.9 Å². The Bertz CT molecular complexity index is 794. The highest BCUT2D eigenvalue weighted by Gasteiger charge is 2.22. The number of amides is 1. The Labute approximate surface area is 161 Å². The molecule has 0 spiro atoms. The number of rotatable bonds is 7. The Morgan fingerprint density at radius 1 is 1.15 bits per heavy atom. The van der Waals surface area contributed by atoms with E-state index in [9.17, 15) is 9.59 Å². The molecule has 1 heterocycles. The van der Waals surface area contributed by atoms with Gasteiger partial charge in [-0.05, 0) is 57.9 Å². The molecule has 1 aromatic heterocycles. The Morgan fingerprint density at radius 3 is 2.30 bits per heavy atom. The van der Waals surface area contributed by atoms with E-state index in [0.29, 0.717) is 35.9 Å². The predicted molar refractivity (Wildman–Crippen MR) is 105 cm³/mol. The normalized spacial score (nSPS) is 12.1. The van der Waals surface area contributed by atoms with Crippen LogP contribution in [0.25, 0.3) is 5.69 Å². The van der Waals surface area contributed by atoms with Gasteiger partial charge in [0.1, 0.15) is 5.56 Å². The fourth-order valence-corrected chi connectivity index (χ4v) is 2.97. The predicted octanol–water partition coefficient (Wildman–Crippen LogP) is 3.86. The molecule has 1 amide bonds. The van der Waals surface area contributed by atoms with E-state index < -0.39 is 0 Å². The van der Waals surface area contributed by atoms with Crippen LogP contribution >= 0.6 is 0 Å². The number of aromatic nitrogens is 2. The molecule has 0 aliphatic heterocycles. The lowest BCUT2D eigenvalue weighted by atomic mass is 10.0. The van der Waals surface area contributed by atoms with Crippen LogP contribution in [-0.4, -0.2) is 45.8 Å². The summed E-state index contributed by atoms with van der Waals surface area (Å²) in [4.78, 5) is 26.7. The molecule has 146 valence electrons. The van der Waals surface area contributed by atoms with Crippen LogP contribution in [0.2, 0.25) is 0 Å². The van der Waals surface area contributed by atoms with Crippen molar-refractivity contribution in [3.63, 3.8) is 0 Å². The SMILES string of the molecule is CCOC(=O)c1cnn(-c2ccc(C(=O)N(CC)C(C)C(C)C)cc2)c1C. The molecule has 0 saturated carbocycles. The van der Waals surface area contributed by atoms with Crippen LogP contribution in [0.1, 0.15) is 61.0 Å². The van der Waals surface area contributed by atoms with Gasteiger partial charge in [0.05, 0.1) is 24.2 Å². The Balaban J connectivity index is 2.25. The van der Waals surface area contributed by atoms with Crippen molar-refractivity contribution in [2.45, 2.75) is 47.6 Å². The van der Waals surface area contributed by atoms with Crippen LogP contribution in [-0.2, 0) is 4.74 Å². The smallest absolute Gasteiger partial charge is 0.341 e. The first kappa shape index (κ1) is 20.7. The number of hydrogen-bond acceptors (Lipinski definition) is 4. The van der Waals surface area contributed by atoms with E-state index in [1.54, 1.807) is 23.7 Å². The molecule has 0 N–H and O–H groups in total. The number of ether oxygens (including phenoxy) is 1. The first-order valence-corrected chi connectivity index (χ1v) is 9.44. The second kappa shape index (κ2) is 8.84. The molecule has 0 bridgehead atoms. The fraction of sp³-hybridized carbons (Fsp3) is 0.476. The summed E-state index contributed by atoms with van der Waals surface area (Å²) in [5.41, 5.74) is 2.58. The summed E-state index contributed by atoms with van der Waals surface area (Å²) in [6.07, 6.45) is 1.51. The average molecular weight is 371 g/mol. The van der Waals surface area contributed by atoms with Gasteiger partial charge in [-0.1, -0.05) is 13.8 Å². The minimum atomic E-state index is -0.380. The molecule has 27 heavy (non-hydrogen) atoms. The highest BCUT2D eigenvalue weighted by atomic mass is 16.5. The summed E-state index contributed by atoms with van der Waals surface area (Å²) in [5.74, 6) is 0.0325. The van der Waals surface area contributed by atoms with Crippen LogP contribution in [0.4, 0.5) is 0 Å². The van der Waals surface area contributed by atoms with Crippen molar-refractivity contribution in [1.82, 2.24) is 14.7 Å². The maximum atomic E-state index is 12.8. The van der Waals surface area contributed by atoms with E-state index in [2.05, 4.69) is 25.9 Å². The Kier molecular flexibility index (Phi) is 6.77. The maximum absolute atomic E-state index is 12.8. The number of carbonyl (C=O) groups excluding carboxylic acids is 2. The molecule has 0 aliphatic rings. The maximum Gasteiger partial charge on any atom is 0.341 e. The fourth-order valence-electron chi connectivity index (χ4n) is 2.97. The minimum absolute atomic E-state index is 0.0228. The molecule has 0 saturated heterocycles. The number of carbonyl (C=O) groups is 2. The lowest BCUT2D eigenvalue weighted by molar-refractivity contribution is 0.0525. The van der Waals surface area contributed by atoms with Gasteiger partial charge in [0, 0.05) is 18.2 Å². The molecule has 0 radical (unpaired) electrons. The van der Waals surface area contributed by atoms with Gasteiger partial charge in [0.2, 0.25) is 0 Å². The first-order chi connectivity index (χ1) is 12.8. The second-order valence-electron chi connectivity index (χ2n) is 6.90. The molecular weight excluding hydrogens is 342 g/mol. The Morgan fingerprint density at radius 2 is 1.78 bits per heavy atom. The third kappa shape index (κ3) is 4.38. The molecule has 1 atom stereocenters. The molecule has 0 aliphatic carbocycles. The topological polar surface area (TPSA) is 64.4 Å². The molecule has 0 fully saturated rings. The van der Waals surface area contributed by atoms with Crippen molar-refractivity contribution in [3.8, 4) is 5.69 Å². The van der Waals surface area contributed by atoms with Gasteiger partial charge >= 0.3 is 5.97 Å². The summed E-state index contributed by atoms with van der Waals surface area (Å²) < 4.78 is 6.72. The zero-order valence-corrected chi connectivity index (χ0v) is 17.0. The molecule has 1 unspecified atom stereocenters. The van der Waals surface area contributed by atoms with Gasteiger partial charge in [0.25, 0.3) is 5.91 Å². The van der Waals surface area contributed by atoms with E-state index in [0.717, 1.165) is 5.69 Å². The van der Waals surface area contributed by atoms with Crippen molar-refractivity contribution in [1.29, 1.82) is 0 Å². The van der Waals surface area contributed by atoms with Gasteiger partial charge in [-0.2, -0.15) is 5.10 Å². The van der Waals surface area contributed by atoms with Gasteiger partial charge < -0.3 is 9.64 Å². The van der Waals surface area contributed by atoms with Crippen molar-refractivity contribution in [3.05, 3.63) is 47.3 Å². The van der Waals surface area contributed by atoms with Crippen LogP contribution in [0, 0.1) is 12.8 Å². The molecule has 2 rings (SSSR count). The van der Waals surface area contributed by atoms with Crippen LogP contribution in [0.15, 0.2) is 30.5 Å². The van der Waals surface area contributed by atoms with Gasteiger partial charge in [-0.3, -0.25) is 4.79 Å². The first-order valence-electron chi connectivity index (χ1n) is 9.44. The van der Waals surface area contributed by atoms with Gasteiger partial charge in [-0.15, -0.1) is 0 Å². The van der Waals surface area contributed by atoms with Crippen molar-refractivity contribution in [2.75, 3.05) is 13.2 Å². The number of nitrogens with zero attached hydrogens (tertiary/aromatic N) is 3. The largest absolute Gasteiger partial charge is 0.462 e. The van der Waals surface area contributed by atoms with Crippen LogP contribution in [0.5, 0.6) is 0 Å². The monoisotopic (exact) mass is 371 g/mol. The molecular formula is C21H29N3O3. The molecule has 2 aromatic rings. The summed E-state index contributed by atoms with van der Waals surface area (Å²) in [6, 6.07) is 7.46. The Hall–Kier alpha value is -2.63. The number of hydrogen-bond donors (Lipinski definition) is 0. The van der Waals surface area contributed by atoms with Crippen molar-refractivity contribution < 1.29 is 14.3 Å². The van der Waals surface area contributed by atoms with E-state index in [-0.39, 0.29) is 17.9 Å².